The third-order valence-corrected chi connectivity index (χ3v) is 9.42. The van der Waals surface area contributed by atoms with Crippen LogP contribution in [0.1, 0.15) is 51.3 Å². The zero-order valence-corrected chi connectivity index (χ0v) is 20.1. The van der Waals surface area contributed by atoms with Gasteiger partial charge in [0.15, 0.2) is 0 Å². The van der Waals surface area contributed by atoms with Gasteiger partial charge in [-0.05, 0) is 61.6 Å². The van der Waals surface area contributed by atoms with Crippen molar-refractivity contribution in [1.29, 1.82) is 0 Å². The fraction of sp³-hybridized carbons (Fsp3) is 0.667. The number of nitrogens with zero attached hydrogens (tertiary/aromatic N) is 3. The summed E-state index contributed by atoms with van der Waals surface area (Å²) in [6, 6.07) is 5.09. The van der Waals surface area contributed by atoms with Gasteiger partial charge in [-0.15, -0.1) is 0 Å². The highest BCUT2D eigenvalue weighted by Crippen LogP contribution is 2.49. The molecule has 0 amide bonds. The molecule has 1 saturated heterocycles. The highest BCUT2D eigenvalue weighted by atomic mass is 32.2. The minimum absolute atomic E-state index is 0.111. The van der Waals surface area contributed by atoms with Crippen LogP contribution in [0.25, 0.3) is 11.0 Å². The first-order valence-corrected chi connectivity index (χ1v) is 13.6. The minimum Gasteiger partial charge on any atom is -0.457 e. The van der Waals surface area contributed by atoms with Crippen LogP contribution in [-0.4, -0.2) is 54.5 Å². The van der Waals surface area contributed by atoms with Gasteiger partial charge in [0.1, 0.15) is 12.4 Å². The van der Waals surface area contributed by atoms with Crippen molar-refractivity contribution in [1.82, 2.24) is 13.9 Å². The number of fused-ring (bicyclic) bond motifs is 3. The molecule has 2 aromatic rings. The maximum atomic E-state index is 13.0. The molecule has 3 fully saturated rings. The number of morpholine rings is 1. The summed E-state index contributed by atoms with van der Waals surface area (Å²) in [6.07, 6.45) is 6.40. The van der Waals surface area contributed by atoms with Gasteiger partial charge in [-0.3, -0.25) is 4.79 Å². The van der Waals surface area contributed by atoms with E-state index in [1.807, 2.05) is 10.6 Å². The van der Waals surface area contributed by atoms with Gasteiger partial charge >= 0.3 is 5.97 Å². The van der Waals surface area contributed by atoms with Crippen LogP contribution in [0.2, 0.25) is 0 Å². The molecule has 3 unspecified atom stereocenters. The van der Waals surface area contributed by atoms with Crippen molar-refractivity contribution in [2.45, 2.75) is 63.5 Å². The van der Waals surface area contributed by atoms with Crippen molar-refractivity contribution >= 4 is 27.0 Å². The number of rotatable bonds is 8. The van der Waals surface area contributed by atoms with Crippen molar-refractivity contribution in [3.8, 4) is 0 Å². The monoisotopic (exact) mass is 475 g/mol. The number of carbonyl (C=O) groups excluding carboxylic acids is 1. The highest BCUT2D eigenvalue weighted by molar-refractivity contribution is 7.89. The highest BCUT2D eigenvalue weighted by Gasteiger charge is 2.40. The predicted molar refractivity (Wildman–Crippen MR) is 123 cm³/mol. The van der Waals surface area contributed by atoms with E-state index in [0.29, 0.717) is 55.9 Å². The Kier molecular flexibility index (Phi) is 6.46. The fourth-order valence-corrected chi connectivity index (χ4v) is 7.31. The second-order valence-corrected chi connectivity index (χ2v) is 11.6. The summed E-state index contributed by atoms with van der Waals surface area (Å²) in [5, 5.41) is 0. The molecule has 0 N–H and O–H groups in total. The molecule has 2 bridgehead atoms. The van der Waals surface area contributed by atoms with E-state index in [9.17, 15) is 13.2 Å². The lowest BCUT2D eigenvalue weighted by Crippen LogP contribution is -2.40. The van der Waals surface area contributed by atoms with Gasteiger partial charge in [-0.1, -0.05) is 13.3 Å². The van der Waals surface area contributed by atoms with E-state index in [0.717, 1.165) is 30.8 Å². The number of imidazole rings is 1. The van der Waals surface area contributed by atoms with Crippen LogP contribution in [-0.2, 0) is 37.4 Å². The smallest absolute Gasteiger partial charge is 0.306 e. The molecule has 0 radical (unpaired) electrons. The molecule has 0 spiro atoms. The molecule has 180 valence electrons. The van der Waals surface area contributed by atoms with Crippen LogP contribution in [0, 0.1) is 17.8 Å². The van der Waals surface area contributed by atoms with Crippen molar-refractivity contribution in [3.63, 3.8) is 0 Å². The zero-order valence-electron chi connectivity index (χ0n) is 19.2. The lowest BCUT2D eigenvalue weighted by Gasteiger charge is -2.26. The summed E-state index contributed by atoms with van der Waals surface area (Å²) < 4.78 is 40.5. The normalized spacial score (nSPS) is 25.7. The van der Waals surface area contributed by atoms with Gasteiger partial charge in [0.2, 0.25) is 10.0 Å². The molecular weight excluding hydrogens is 442 g/mol. The third kappa shape index (κ3) is 4.55. The summed E-state index contributed by atoms with van der Waals surface area (Å²) in [7, 11) is -3.59. The Balaban J connectivity index is 1.32. The first kappa shape index (κ1) is 22.8. The molecule has 1 aromatic carbocycles. The average Bonchev–Trinajstić information content (AvgIpc) is 3.53. The number of benzene rings is 1. The Morgan fingerprint density at radius 1 is 1.21 bits per heavy atom. The first-order chi connectivity index (χ1) is 16.0. The standard InChI is InChI=1S/C24H33N3O5S/c1-2-7-27-22-6-5-20(33(29,30)26-8-10-31-11-9-26)15-21(22)25-23(27)16-32-24(28)14-19-13-17-3-4-18(19)12-17/h5-6,15,17-19H,2-4,7-14,16H2,1H3. The van der Waals surface area contributed by atoms with Gasteiger partial charge in [-0.2, -0.15) is 4.31 Å². The zero-order chi connectivity index (χ0) is 23.0. The number of ether oxygens (including phenoxy) is 2. The van der Waals surface area contributed by atoms with E-state index >= 15 is 0 Å². The fourth-order valence-electron chi connectivity index (χ4n) is 5.88. The third-order valence-electron chi connectivity index (χ3n) is 7.53. The van der Waals surface area contributed by atoms with Crippen LogP contribution >= 0.6 is 0 Å². The Morgan fingerprint density at radius 2 is 2.03 bits per heavy atom. The second-order valence-electron chi connectivity index (χ2n) is 9.65. The van der Waals surface area contributed by atoms with Crippen LogP contribution in [0.5, 0.6) is 0 Å². The van der Waals surface area contributed by atoms with Gasteiger partial charge in [-0.25, -0.2) is 13.4 Å². The Bertz CT molecular complexity index is 1120. The number of esters is 1. The number of aromatic nitrogens is 2. The summed E-state index contributed by atoms with van der Waals surface area (Å²) in [4.78, 5) is 17.4. The second kappa shape index (κ2) is 9.35. The minimum atomic E-state index is -3.59. The maximum Gasteiger partial charge on any atom is 0.306 e. The molecule has 2 heterocycles. The van der Waals surface area contributed by atoms with E-state index in [2.05, 4.69) is 11.9 Å². The number of hydrogen-bond donors (Lipinski definition) is 0. The van der Waals surface area contributed by atoms with Gasteiger partial charge < -0.3 is 14.0 Å². The van der Waals surface area contributed by atoms with Crippen LogP contribution in [0.15, 0.2) is 23.1 Å². The van der Waals surface area contributed by atoms with Gasteiger partial charge in [0, 0.05) is 26.1 Å². The number of hydrogen-bond acceptors (Lipinski definition) is 6. The molecule has 8 nitrogen and oxygen atoms in total. The van der Waals surface area contributed by atoms with E-state index in [4.69, 9.17) is 9.47 Å². The molecule has 2 aliphatic carbocycles. The van der Waals surface area contributed by atoms with Crippen molar-refractivity contribution in [2.24, 2.45) is 17.8 Å². The average molecular weight is 476 g/mol. The number of aryl methyl sites for hydroxylation is 1. The number of sulfonamides is 1. The van der Waals surface area contributed by atoms with Crippen molar-refractivity contribution in [2.75, 3.05) is 26.3 Å². The summed E-state index contributed by atoms with van der Waals surface area (Å²) in [6.45, 7) is 4.44. The summed E-state index contributed by atoms with van der Waals surface area (Å²) in [5.74, 6) is 2.48. The predicted octanol–water partition coefficient (Wildman–Crippen LogP) is 3.34. The van der Waals surface area contributed by atoms with Crippen LogP contribution < -0.4 is 0 Å². The SMILES string of the molecule is CCCn1c(COC(=O)CC2CC3CCC2C3)nc2cc(S(=O)(=O)N3CCOCC3)ccc21. The van der Waals surface area contributed by atoms with E-state index in [1.54, 1.807) is 12.1 Å². The van der Waals surface area contributed by atoms with Crippen molar-refractivity contribution < 1.29 is 22.7 Å². The van der Waals surface area contributed by atoms with Crippen LogP contribution in [0.4, 0.5) is 0 Å². The lowest BCUT2D eigenvalue weighted by atomic mass is 9.86. The topological polar surface area (TPSA) is 90.7 Å². The van der Waals surface area contributed by atoms with E-state index in [1.165, 1.54) is 23.6 Å². The molecule has 33 heavy (non-hydrogen) atoms. The Labute approximate surface area is 195 Å². The molecule has 1 aromatic heterocycles. The summed E-state index contributed by atoms with van der Waals surface area (Å²) in [5.41, 5.74) is 1.47. The summed E-state index contributed by atoms with van der Waals surface area (Å²) >= 11 is 0. The van der Waals surface area contributed by atoms with Crippen molar-refractivity contribution in [3.05, 3.63) is 24.0 Å². The first-order valence-electron chi connectivity index (χ1n) is 12.2. The molecular formula is C24H33N3O5S. The largest absolute Gasteiger partial charge is 0.457 e. The Hall–Kier alpha value is -1.97. The number of carbonyl (C=O) groups is 1. The lowest BCUT2D eigenvalue weighted by molar-refractivity contribution is -0.146. The van der Waals surface area contributed by atoms with Crippen LogP contribution in [0.3, 0.4) is 0 Å². The Morgan fingerprint density at radius 3 is 2.73 bits per heavy atom. The van der Waals surface area contributed by atoms with E-state index in [-0.39, 0.29) is 17.5 Å². The molecule has 5 rings (SSSR count). The quantitative estimate of drug-likeness (QED) is 0.544. The molecule has 3 atom stereocenters. The molecule has 2 saturated carbocycles. The molecule has 1 aliphatic heterocycles. The van der Waals surface area contributed by atoms with Gasteiger partial charge in [0.05, 0.1) is 29.1 Å². The molecule has 3 aliphatic rings. The van der Waals surface area contributed by atoms with E-state index < -0.39 is 10.0 Å². The maximum absolute atomic E-state index is 13.0. The molecule has 9 heteroatoms. The van der Waals surface area contributed by atoms with Gasteiger partial charge in [0.25, 0.3) is 0 Å².